The van der Waals surface area contributed by atoms with Crippen LogP contribution in [0.15, 0.2) is 0 Å². The van der Waals surface area contributed by atoms with E-state index in [1.165, 1.54) is 19.3 Å². The quantitative estimate of drug-likeness (QED) is 0.520. The number of rotatable bonds is 6. The fourth-order valence-corrected chi connectivity index (χ4v) is 19.7. The Morgan fingerprint density at radius 2 is 0.750 bits per heavy atom. The van der Waals surface area contributed by atoms with Gasteiger partial charge in [-0.2, -0.15) is 0 Å². The van der Waals surface area contributed by atoms with E-state index >= 15 is 0 Å². The predicted molar refractivity (Wildman–Crippen MR) is 78.8 cm³/mol. The van der Waals surface area contributed by atoms with Gasteiger partial charge in [0.2, 0.25) is 0 Å². The van der Waals surface area contributed by atoms with Gasteiger partial charge in [0.15, 0.2) is 0 Å². The molecular weight excluding hydrogens is 250 g/mol. The molecule has 0 nitrogen and oxygen atoms in total. The second-order valence-corrected chi connectivity index (χ2v) is 19.1. The Bertz CT molecular complexity index is 175. The van der Waals surface area contributed by atoms with Crippen molar-refractivity contribution >= 4 is 16.2 Å². The molecule has 0 amide bonds. The van der Waals surface area contributed by atoms with Gasteiger partial charge in [0.1, 0.15) is 0 Å². The molecule has 0 radical (unpaired) electrons. The first-order chi connectivity index (χ1) is 7.05. The molecule has 0 aliphatic heterocycles. The van der Waals surface area contributed by atoms with Crippen LogP contribution < -0.4 is 0 Å². The van der Waals surface area contributed by atoms with E-state index < -0.39 is 16.2 Å². The van der Waals surface area contributed by atoms with Crippen LogP contribution in [-0.4, -0.2) is 16.2 Å². The zero-order valence-electron chi connectivity index (χ0n) is 13.2. The molecule has 0 fully saturated rings. The minimum atomic E-state index is -1.43. The van der Waals surface area contributed by atoms with Gasteiger partial charge in [-0.25, -0.2) is 0 Å². The van der Waals surface area contributed by atoms with Crippen LogP contribution in [0, 0.1) is 0 Å². The van der Waals surface area contributed by atoms with Gasteiger partial charge in [-0.05, 0) is 0 Å². The van der Waals surface area contributed by atoms with Crippen molar-refractivity contribution in [2.24, 2.45) is 0 Å². The van der Waals surface area contributed by atoms with Crippen molar-refractivity contribution in [3.8, 4) is 0 Å². The van der Waals surface area contributed by atoms with E-state index in [-0.39, 0.29) is 0 Å². The Balaban J connectivity index is 5.40. The van der Waals surface area contributed by atoms with Crippen LogP contribution in [0.5, 0.6) is 0 Å². The second-order valence-electron chi connectivity index (χ2n) is 7.46. The molecule has 0 heterocycles. The van der Waals surface area contributed by atoms with Crippen LogP contribution in [0.25, 0.3) is 0 Å². The molecular formula is C15H33Ga. The Morgan fingerprint density at radius 1 is 0.562 bits per heavy atom. The van der Waals surface area contributed by atoms with E-state index in [0.29, 0.717) is 11.9 Å². The first kappa shape index (κ1) is 16.6. The topological polar surface area (TPSA) is 0 Å². The molecule has 0 aliphatic carbocycles. The standard InChI is InChI=1S/3C5H11.Ga/c3*1-4-5(2)3;/h3*4H2,1-3H3;. The first-order valence-electron chi connectivity index (χ1n) is 7.05. The van der Waals surface area contributed by atoms with Crippen LogP contribution in [0.2, 0.25) is 11.9 Å². The zero-order chi connectivity index (χ0) is 13.2. The van der Waals surface area contributed by atoms with E-state index in [0.717, 1.165) is 0 Å². The van der Waals surface area contributed by atoms with Gasteiger partial charge < -0.3 is 0 Å². The molecule has 0 aromatic heterocycles. The summed E-state index contributed by atoms with van der Waals surface area (Å²) in [5.74, 6) is 0. The average molecular weight is 283 g/mol. The Labute approximate surface area is 110 Å². The van der Waals surface area contributed by atoms with Crippen molar-refractivity contribution in [2.75, 3.05) is 0 Å². The SMILES string of the molecule is CC[C](C)(C)[Ga]([C](C)(C)CC)[C](C)(C)CC. The van der Waals surface area contributed by atoms with Gasteiger partial charge in [-0.1, -0.05) is 0 Å². The summed E-state index contributed by atoms with van der Waals surface area (Å²) in [6, 6.07) is 0. The second kappa shape index (κ2) is 5.52. The van der Waals surface area contributed by atoms with Gasteiger partial charge in [0.05, 0.1) is 0 Å². The molecule has 0 rings (SSSR count). The van der Waals surface area contributed by atoms with Crippen LogP contribution >= 0.6 is 0 Å². The molecule has 0 N–H and O–H groups in total. The zero-order valence-corrected chi connectivity index (χ0v) is 15.6. The van der Waals surface area contributed by atoms with Crippen molar-refractivity contribution in [1.82, 2.24) is 0 Å². The van der Waals surface area contributed by atoms with Crippen molar-refractivity contribution in [2.45, 2.75) is 93.5 Å². The minimum absolute atomic E-state index is 0.617. The third-order valence-electron chi connectivity index (χ3n) is 5.08. The summed E-state index contributed by atoms with van der Waals surface area (Å²) in [6.07, 6.45) is 4.06. The van der Waals surface area contributed by atoms with Gasteiger partial charge in [-0.3, -0.25) is 0 Å². The average Bonchev–Trinajstić information content (AvgIpc) is 2.16. The molecule has 0 saturated heterocycles. The van der Waals surface area contributed by atoms with Crippen LogP contribution in [0.3, 0.4) is 0 Å². The van der Waals surface area contributed by atoms with E-state index in [9.17, 15) is 0 Å². The van der Waals surface area contributed by atoms with Crippen molar-refractivity contribution in [3.05, 3.63) is 0 Å². The Kier molecular flexibility index (Phi) is 5.74. The van der Waals surface area contributed by atoms with Crippen molar-refractivity contribution < 1.29 is 0 Å². The van der Waals surface area contributed by atoms with E-state index in [2.05, 4.69) is 62.3 Å². The molecule has 0 atom stereocenters. The Morgan fingerprint density at radius 3 is 0.875 bits per heavy atom. The molecule has 0 aromatic carbocycles. The number of hydrogen-bond acceptors (Lipinski definition) is 0. The normalized spacial score (nSPS) is 14.1. The predicted octanol–water partition coefficient (Wildman–Crippen LogP) is 6.05. The first-order valence-corrected chi connectivity index (χ1v) is 10.7. The molecule has 0 aliphatic rings. The summed E-state index contributed by atoms with van der Waals surface area (Å²) < 4.78 is 1.85. The third-order valence-corrected chi connectivity index (χ3v) is 17.5. The van der Waals surface area contributed by atoms with Crippen LogP contribution in [0.1, 0.15) is 81.6 Å². The fraction of sp³-hybridized carbons (Fsp3) is 1.00. The summed E-state index contributed by atoms with van der Waals surface area (Å²) in [4.78, 5) is 0. The van der Waals surface area contributed by atoms with Gasteiger partial charge in [0.25, 0.3) is 0 Å². The van der Waals surface area contributed by atoms with E-state index in [1.807, 2.05) is 0 Å². The molecule has 0 saturated carbocycles. The van der Waals surface area contributed by atoms with E-state index in [4.69, 9.17) is 0 Å². The molecule has 96 valence electrons. The summed E-state index contributed by atoms with van der Waals surface area (Å²) in [7, 11) is 0. The van der Waals surface area contributed by atoms with Gasteiger partial charge in [0, 0.05) is 0 Å². The summed E-state index contributed by atoms with van der Waals surface area (Å²) in [5, 5.41) is 0. The van der Waals surface area contributed by atoms with E-state index in [1.54, 1.807) is 0 Å². The summed E-state index contributed by atoms with van der Waals surface area (Å²) in [5.41, 5.74) is 0. The van der Waals surface area contributed by atoms with Crippen molar-refractivity contribution in [1.29, 1.82) is 0 Å². The Hall–Kier alpha value is 0.636. The monoisotopic (exact) mass is 282 g/mol. The fourth-order valence-electron chi connectivity index (χ4n) is 3.79. The van der Waals surface area contributed by atoms with Crippen molar-refractivity contribution in [3.63, 3.8) is 0 Å². The van der Waals surface area contributed by atoms with Crippen LogP contribution in [0.4, 0.5) is 0 Å². The molecule has 0 aromatic rings. The third kappa shape index (κ3) is 3.56. The maximum atomic E-state index is 2.53. The molecule has 0 spiro atoms. The number of hydrogen-bond donors (Lipinski definition) is 0. The molecule has 1 heteroatoms. The summed E-state index contributed by atoms with van der Waals surface area (Å²) >= 11 is -1.43. The van der Waals surface area contributed by atoms with Crippen LogP contribution in [-0.2, 0) is 0 Å². The molecule has 0 unspecified atom stereocenters. The maximum absolute atomic E-state index is 2.53. The van der Waals surface area contributed by atoms with Gasteiger partial charge >= 0.3 is 110 Å². The molecule has 16 heavy (non-hydrogen) atoms. The molecule has 0 bridgehead atoms. The summed E-state index contributed by atoms with van der Waals surface area (Å²) in [6.45, 7) is 22.4. The van der Waals surface area contributed by atoms with Gasteiger partial charge in [-0.15, -0.1) is 0 Å².